The van der Waals surface area contributed by atoms with Crippen LogP contribution in [0.15, 0.2) is 24.3 Å². The summed E-state index contributed by atoms with van der Waals surface area (Å²) < 4.78 is 28.3. The van der Waals surface area contributed by atoms with Gasteiger partial charge in [-0.15, -0.1) is 10.2 Å². The van der Waals surface area contributed by atoms with E-state index in [0.717, 1.165) is 15.7 Å². The number of nitrogens with one attached hydrogen (secondary N) is 1. The molecule has 4 nitrogen and oxygen atoms in total. The van der Waals surface area contributed by atoms with Gasteiger partial charge in [0.25, 0.3) is 0 Å². The number of aryl methyl sites for hydroxylation is 1. The number of alkyl halides is 2. The molecular weight excluding hydrogens is 272 g/mol. The molecule has 19 heavy (non-hydrogen) atoms. The third kappa shape index (κ3) is 3.85. The van der Waals surface area contributed by atoms with Gasteiger partial charge >= 0.3 is 6.61 Å². The van der Waals surface area contributed by atoms with Gasteiger partial charge in [0, 0.05) is 0 Å². The van der Waals surface area contributed by atoms with Gasteiger partial charge in [0.2, 0.25) is 5.13 Å². The molecular formula is C12H13F2N3OS. The van der Waals surface area contributed by atoms with Crippen molar-refractivity contribution in [3.8, 4) is 5.75 Å². The Bertz CT molecular complexity index is 530. The van der Waals surface area contributed by atoms with Gasteiger partial charge in [0.1, 0.15) is 10.8 Å². The van der Waals surface area contributed by atoms with Crippen LogP contribution in [0, 0.1) is 6.92 Å². The van der Waals surface area contributed by atoms with Crippen LogP contribution in [0.25, 0.3) is 0 Å². The van der Waals surface area contributed by atoms with Crippen molar-refractivity contribution in [2.45, 2.75) is 26.5 Å². The van der Waals surface area contributed by atoms with E-state index in [0.29, 0.717) is 0 Å². The van der Waals surface area contributed by atoms with Crippen molar-refractivity contribution in [1.29, 1.82) is 0 Å². The van der Waals surface area contributed by atoms with Gasteiger partial charge in [0.05, 0.1) is 6.04 Å². The largest absolute Gasteiger partial charge is 0.435 e. The summed E-state index contributed by atoms with van der Waals surface area (Å²) in [6.07, 6.45) is 0. The van der Waals surface area contributed by atoms with Crippen molar-refractivity contribution in [1.82, 2.24) is 10.2 Å². The van der Waals surface area contributed by atoms with Crippen LogP contribution in [0.4, 0.5) is 13.9 Å². The first-order valence-corrected chi connectivity index (χ1v) is 6.47. The van der Waals surface area contributed by atoms with Gasteiger partial charge in [0.15, 0.2) is 0 Å². The molecule has 102 valence electrons. The molecule has 0 aliphatic rings. The Hall–Kier alpha value is -1.76. The van der Waals surface area contributed by atoms with Gasteiger partial charge in [-0.3, -0.25) is 0 Å². The topological polar surface area (TPSA) is 47.0 Å². The molecule has 0 amide bonds. The Morgan fingerprint density at radius 1 is 1.21 bits per heavy atom. The Balaban J connectivity index is 2.01. The van der Waals surface area contributed by atoms with E-state index >= 15 is 0 Å². The molecule has 0 saturated carbocycles. The Morgan fingerprint density at radius 3 is 2.42 bits per heavy atom. The summed E-state index contributed by atoms with van der Waals surface area (Å²) in [7, 11) is 0. The first kappa shape index (κ1) is 13.7. The minimum atomic E-state index is -2.80. The quantitative estimate of drug-likeness (QED) is 0.911. The summed E-state index contributed by atoms with van der Waals surface area (Å²) in [5, 5.41) is 12.7. The van der Waals surface area contributed by atoms with E-state index in [-0.39, 0.29) is 11.8 Å². The molecule has 7 heteroatoms. The highest BCUT2D eigenvalue weighted by atomic mass is 32.1. The Kier molecular flexibility index (Phi) is 4.26. The van der Waals surface area contributed by atoms with Gasteiger partial charge in [-0.25, -0.2) is 0 Å². The zero-order valence-corrected chi connectivity index (χ0v) is 11.2. The predicted molar refractivity (Wildman–Crippen MR) is 69.8 cm³/mol. The van der Waals surface area contributed by atoms with Crippen molar-refractivity contribution in [3.63, 3.8) is 0 Å². The number of benzene rings is 1. The van der Waals surface area contributed by atoms with Crippen LogP contribution >= 0.6 is 11.3 Å². The summed E-state index contributed by atoms with van der Waals surface area (Å²) in [6, 6.07) is 6.52. The zero-order valence-electron chi connectivity index (χ0n) is 10.4. The highest BCUT2D eigenvalue weighted by molar-refractivity contribution is 7.15. The third-order valence-electron chi connectivity index (χ3n) is 2.47. The molecule has 1 atom stereocenters. The monoisotopic (exact) mass is 285 g/mol. The lowest BCUT2D eigenvalue weighted by atomic mass is 10.1. The average Bonchev–Trinajstić information content (AvgIpc) is 2.75. The van der Waals surface area contributed by atoms with Crippen LogP contribution in [-0.4, -0.2) is 16.8 Å². The molecule has 0 spiro atoms. The number of hydrogen-bond donors (Lipinski definition) is 1. The third-order valence-corrected chi connectivity index (χ3v) is 3.24. The number of ether oxygens (including phenoxy) is 1. The lowest BCUT2D eigenvalue weighted by molar-refractivity contribution is -0.0498. The minimum Gasteiger partial charge on any atom is -0.435 e. The molecule has 0 bridgehead atoms. The second kappa shape index (κ2) is 5.92. The predicted octanol–water partition coefficient (Wildman–Crippen LogP) is 3.62. The first-order chi connectivity index (χ1) is 9.04. The molecule has 0 saturated heterocycles. The molecule has 1 heterocycles. The smallest absolute Gasteiger partial charge is 0.387 e. The molecule has 1 aromatic carbocycles. The van der Waals surface area contributed by atoms with Crippen LogP contribution in [0.1, 0.15) is 23.5 Å². The second-order valence-electron chi connectivity index (χ2n) is 3.94. The summed E-state index contributed by atoms with van der Waals surface area (Å²) in [6.45, 7) is 1.04. The molecule has 1 unspecified atom stereocenters. The van der Waals surface area contributed by atoms with E-state index in [1.807, 2.05) is 13.8 Å². The van der Waals surface area contributed by atoms with E-state index < -0.39 is 6.61 Å². The number of halogens is 2. The molecule has 1 N–H and O–H groups in total. The summed E-state index contributed by atoms with van der Waals surface area (Å²) in [5.74, 6) is 0.151. The van der Waals surface area contributed by atoms with Crippen LogP contribution in [0.3, 0.4) is 0 Å². The number of nitrogens with zero attached hydrogens (tertiary/aromatic N) is 2. The first-order valence-electron chi connectivity index (χ1n) is 5.66. The van der Waals surface area contributed by atoms with E-state index in [1.165, 1.54) is 23.5 Å². The zero-order chi connectivity index (χ0) is 13.8. The highest BCUT2D eigenvalue weighted by Crippen LogP contribution is 2.23. The molecule has 0 radical (unpaired) electrons. The van der Waals surface area contributed by atoms with E-state index in [1.54, 1.807) is 12.1 Å². The molecule has 0 aliphatic carbocycles. The summed E-state index contributed by atoms with van der Waals surface area (Å²) in [4.78, 5) is 0. The summed E-state index contributed by atoms with van der Waals surface area (Å²) in [5.41, 5.74) is 0.953. The maximum Gasteiger partial charge on any atom is 0.387 e. The van der Waals surface area contributed by atoms with Gasteiger partial charge < -0.3 is 10.1 Å². The molecule has 1 aromatic heterocycles. The average molecular weight is 285 g/mol. The van der Waals surface area contributed by atoms with Gasteiger partial charge in [-0.05, 0) is 31.5 Å². The SMILES string of the molecule is Cc1nnc(NC(C)c2ccc(OC(F)F)cc2)s1. The van der Waals surface area contributed by atoms with Crippen molar-refractivity contribution >= 4 is 16.5 Å². The van der Waals surface area contributed by atoms with Crippen LogP contribution < -0.4 is 10.1 Å². The Labute approximate surface area is 113 Å². The van der Waals surface area contributed by atoms with Crippen molar-refractivity contribution in [3.05, 3.63) is 34.8 Å². The van der Waals surface area contributed by atoms with E-state index in [9.17, 15) is 8.78 Å². The number of rotatable bonds is 5. The molecule has 0 aliphatic heterocycles. The number of hydrogen-bond acceptors (Lipinski definition) is 5. The normalized spacial score (nSPS) is 12.5. The fourth-order valence-electron chi connectivity index (χ4n) is 1.56. The Morgan fingerprint density at radius 2 is 1.89 bits per heavy atom. The fourth-order valence-corrected chi connectivity index (χ4v) is 2.24. The number of aromatic nitrogens is 2. The van der Waals surface area contributed by atoms with E-state index in [4.69, 9.17) is 0 Å². The maximum atomic E-state index is 12.0. The maximum absolute atomic E-state index is 12.0. The van der Waals surface area contributed by atoms with Crippen molar-refractivity contribution in [2.75, 3.05) is 5.32 Å². The van der Waals surface area contributed by atoms with E-state index in [2.05, 4.69) is 20.3 Å². The minimum absolute atomic E-state index is 0.00736. The summed E-state index contributed by atoms with van der Waals surface area (Å²) >= 11 is 1.47. The standard InChI is InChI=1S/C12H13F2N3OS/c1-7(15-12-17-16-8(2)19-12)9-3-5-10(6-4-9)18-11(13)14/h3-7,11H,1-2H3,(H,15,17). The van der Waals surface area contributed by atoms with Crippen LogP contribution in [-0.2, 0) is 0 Å². The fraction of sp³-hybridized carbons (Fsp3) is 0.333. The van der Waals surface area contributed by atoms with Gasteiger partial charge in [-0.2, -0.15) is 8.78 Å². The van der Waals surface area contributed by atoms with Crippen molar-refractivity contribution < 1.29 is 13.5 Å². The lowest BCUT2D eigenvalue weighted by Gasteiger charge is -2.13. The lowest BCUT2D eigenvalue weighted by Crippen LogP contribution is -2.07. The molecule has 0 fully saturated rings. The van der Waals surface area contributed by atoms with Crippen molar-refractivity contribution in [2.24, 2.45) is 0 Å². The highest BCUT2D eigenvalue weighted by Gasteiger charge is 2.09. The molecule has 2 aromatic rings. The van der Waals surface area contributed by atoms with Crippen LogP contribution in [0.2, 0.25) is 0 Å². The van der Waals surface area contributed by atoms with Gasteiger partial charge in [-0.1, -0.05) is 23.5 Å². The molecule has 2 rings (SSSR count). The number of anilines is 1. The second-order valence-corrected chi connectivity index (χ2v) is 5.12. The van der Waals surface area contributed by atoms with Crippen LogP contribution in [0.5, 0.6) is 5.75 Å².